The number of benzene rings is 2. The predicted molar refractivity (Wildman–Crippen MR) is 142 cm³/mol. The molecule has 0 radical (unpaired) electrons. The number of amides is 2. The Morgan fingerprint density at radius 2 is 1.68 bits per heavy atom. The topological polar surface area (TPSA) is 110 Å². The Labute approximate surface area is 215 Å². The highest BCUT2D eigenvalue weighted by Crippen LogP contribution is 2.32. The van der Waals surface area contributed by atoms with Crippen LogP contribution in [0.1, 0.15) is 19.4 Å². The van der Waals surface area contributed by atoms with Crippen LogP contribution >= 0.6 is 0 Å². The molecule has 190 valence electrons. The number of methoxy groups -OCH3 is 1. The fraction of sp³-hybridized carbons (Fsp3) is 0.214. The summed E-state index contributed by atoms with van der Waals surface area (Å²) in [6, 6.07) is 17.0. The molecule has 0 aliphatic heterocycles. The van der Waals surface area contributed by atoms with Crippen LogP contribution in [0.2, 0.25) is 0 Å². The maximum Gasteiger partial charge on any atom is 0.313 e. The number of carbonyl (C=O) groups is 2. The summed E-state index contributed by atoms with van der Waals surface area (Å²) in [5.41, 5.74) is 3.55. The van der Waals surface area contributed by atoms with Gasteiger partial charge in [-0.15, -0.1) is 0 Å². The highest BCUT2D eigenvalue weighted by Gasteiger charge is 2.25. The van der Waals surface area contributed by atoms with E-state index in [1.165, 1.54) is 13.5 Å². The number of carbonyl (C=O) groups excluding carboxylic acids is 2. The average molecular weight is 500 g/mol. The Morgan fingerprint density at radius 1 is 0.973 bits per heavy atom. The van der Waals surface area contributed by atoms with Crippen LogP contribution in [0, 0.1) is 0 Å². The van der Waals surface area contributed by atoms with Gasteiger partial charge in [-0.2, -0.15) is 0 Å². The van der Waals surface area contributed by atoms with Crippen molar-refractivity contribution in [3.63, 3.8) is 0 Å². The molecule has 2 heterocycles. The number of aromatic nitrogens is 2. The molecule has 0 saturated heterocycles. The van der Waals surface area contributed by atoms with E-state index in [9.17, 15) is 9.59 Å². The number of ether oxygens (including phenoxy) is 1. The van der Waals surface area contributed by atoms with Crippen LogP contribution in [0.5, 0.6) is 5.75 Å². The van der Waals surface area contributed by atoms with Gasteiger partial charge in [0.1, 0.15) is 5.75 Å². The summed E-state index contributed by atoms with van der Waals surface area (Å²) in [6.45, 7) is 3.76. The zero-order chi connectivity index (χ0) is 26.4. The Bertz CT molecular complexity index is 1350. The van der Waals surface area contributed by atoms with Crippen molar-refractivity contribution in [2.24, 2.45) is 0 Å². The van der Waals surface area contributed by atoms with Gasteiger partial charge in [-0.1, -0.05) is 12.1 Å². The van der Waals surface area contributed by atoms with Gasteiger partial charge >= 0.3 is 11.8 Å². The summed E-state index contributed by atoms with van der Waals surface area (Å²) < 4.78 is 10.7. The highest BCUT2D eigenvalue weighted by molar-refractivity contribution is 6.39. The van der Waals surface area contributed by atoms with E-state index in [4.69, 9.17) is 9.15 Å². The first kappa shape index (κ1) is 25.4. The van der Waals surface area contributed by atoms with E-state index in [0.717, 1.165) is 16.9 Å². The van der Waals surface area contributed by atoms with E-state index in [-0.39, 0.29) is 0 Å². The molecular weight excluding hydrogens is 470 g/mol. The first-order chi connectivity index (χ1) is 17.8. The van der Waals surface area contributed by atoms with Crippen LogP contribution in [-0.2, 0) is 16.0 Å². The molecule has 9 heteroatoms. The fourth-order valence-electron chi connectivity index (χ4n) is 3.98. The van der Waals surface area contributed by atoms with Gasteiger partial charge in [-0.3, -0.25) is 14.6 Å². The zero-order valence-electron chi connectivity index (χ0n) is 21.2. The lowest BCUT2D eigenvalue weighted by molar-refractivity contribution is -0.137. The summed E-state index contributed by atoms with van der Waals surface area (Å²) in [4.78, 5) is 35.3. The number of nitrogens with one attached hydrogen (secondary N) is 2. The third-order valence-corrected chi connectivity index (χ3v) is 5.84. The molecule has 37 heavy (non-hydrogen) atoms. The maximum absolute atomic E-state index is 12.7. The lowest BCUT2D eigenvalue weighted by Gasteiger charge is -2.26. The quantitative estimate of drug-likeness (QED) is 0.341. The van der Waals surface area contributed by atoms with Gasteiger partial charge in [-0.05, 0) is 62.2 Å². The third kappa shape index (κ3) is 6.32. The Hall–Kier alpha value is -4.66. The smallest absolute Gasteiger partial charge is 0.313 e. The number of hydrogen-bond donors (Lipinski definition) is 2. The maximum atomic E-state index is 12.7. The predicted octanol–water partition coefficient (Wildman–Crippen LogP) is 4.59. The fourth-order valence-corrected chi connectivity index (χ4v) is 3.98. The van der Waals surface area contributed by atoms with Gasteiger partial charge < -0.3 is 24.7 Å². The summed E-state index contributed by atoms with van der Waals surface area (Å²) in [5, 5.41) is 5.45. The van der Waals surface area contributed by atoms with Crippen LogP contribution in [0.15, 0.2) is 84.0 Å². The second-order valence-corrected chi connectivity index (χ2v) is 9.18. The minimum atomic E-state index is -0.767. The molecule has 0 saturated carbocycles. The molecule has 0 bridgehead atoms. The van der Waals surface area contributed by atoms with Crippen molar-refractivity contribution >= 4 is 28.9 Å². The molecule has 2 N–H and O–H groups in total. The van der Waals surface area contributed by atoms with Gasteiger partial charge in [0.15, 0.2) is 12.2 Å². The molecule has 4 aromatic rings. The molecule has 0 unspecified atom stereocenters. The molecule has 4 rings (SSSR count). The summed E-state index contributed by atoms with van der Waals surface area (Å²) in [7, 11) is 3.50. The van der Waals surface area contributed by atoms with Gasteiger partial charge in [-0.25, -0.2) is 4.98 Å². The molecule has 2 aromatic heterocycles. The second-order valence-electron chi connectivity index (χ2n) is 9.18. The summed E-state index contributed by atoms with van der Waals surface area (Å²) >= 11 is 0. The van der Waals surface area contributed by atoms with Crippen LogP contribution in [0.3, 0.4) is 0 Å². The van der Waals surface area contributed by atoms with Gasteiger partial charge in [0.2, 0.25) is 0 Å². The molecule has 0 fully saturated rings. The number of rotatable bonds is 8. The highest BCUT2D eigenvalue weighted by atomic mass is 16.5. The van der Waals surface area contributed by atoms with Crippen molar-refractivity contribution < 1.29 is 18.7 Å². The van der Waals surface area contributed by atoms with E-state index in [0.29, 0.717) is 29.2 Å². The summed E-state index contributed by atoms with van der Waals surface area (Å²) in [5.74, 6) is -0.478. The Balaban J connectivity index is 1.36. The van der Waals surface area contributed by atoms with E-state index in [1.807, 2.05) is 57.3 Å². The number of oxazole rings is 1. The minimum absolute atomic E-state index is 0.423. The molecule has 0 spiro atoms. The van der Waals surface area contributed by atoms with Crippen LogP contribution < -0.4 is 20.3 Å². The number of pyridine rings is 1. The van der Waals surface area contributed by atoms with Crippen molar-refractivity contribution in [1.29, 1.82) is 0 Å². The van der Waals surface area contributed by atoms with Crippen LogP contribution in [-0.4, -0.2) is 41.5 Å². The SMILES string of the molecule is COc1cc(NC(=O)C(=O)NC(C)(C)Cc2ccc(N(C)c3ccncc3)cc2)ccc1-c1cnco1. The Morgan fingerprint density at radius 3 is 2.32 bits per heavy atom. The third-order valence-electron chi connectivity index (χ3n) is 5.84. The first-order valence-electron chi connectivity index (χ1n) is 11.7. The van der Waals surface area contributed by atoms with Crippen LogP contribution in [0.4, 0.5) is 17.1 Å². The van der Waals surface area contributed by atoms with Crippen molar-refractivity contribution in [2.45, 2.75) is 25.8 Å². The minimum Gasteiger partial charge on any atom is -0.496 e. The van der Waals surface area contributed by atoms with E-state index in [2.05, 4.69) is 25.5 Å². The standard InChI is InChI=1S/C28H29N5O4/c1-28(2,16-19-5-8-21(9-6-19)33(3)22-11-13-29-14-12-22)32-27(35)26(34)31-20-7-10-23(24(15-20)36-4)25-17-30-18-37-25/h5-15,17-18H,16H2,1-4H3,(H,31,34)(H,32,35). The van der Waals surface area contributed by atoms with Gasteiger partial charge in [0, 0.05) is 48.1 Å². The zero-order valence-corrected chi connectivity index (χ0v) is 21.2. The molecule has 2 aromatic carbocycles. The summed E-state index contributed by atoms with van der Waals surface area (Å²) in [6.07, 6.45) is 6.95. The van der Waals surface area contributed by atoms with Crippen molar-refractivity contribution in [3.8, 4) is 17.1 Å². The van der Waals surface area contributed by atoms with E-state index >= 15 is 0 Å². The van der Waals surface area contributed by atoms with Crippen molar-refractivity contribution in [3.05, 3.63) is 85.1 Å². The number of hydrogen-bond acceptors (Lipinski definition) is 7. The lowest BCUT2D eigenvalue weighted by Crippen LogP contribution is -2.49. The average Bonchev–Trinajstić information content (AvgIpc) is 3.43. The monoisotopic (exact) mass is 499 g/mol. The second kappa shape index (κ2) is 10.9. The molecule has 0 aliphatic rings. The number of nitrogens with zero attached hydrogens (tertiary/aromatic N) is 3. The lowest BCUT2D eigenvalue weighted by atomic mass is 9.94. The molecular formula is C28H29N5O4. The van der Waals surface area contributed by atoms with Crippen molar-refractivity contribution in [2.75, 3.05) is 24.4 Å². The Kier molecular flexibility index (Phi) is 7.52. The largest absolute Gasteiger partial charge is 0.496 e. The normalized spacial score (nSPS) is 11.0. The first-order valence-corrected chi connectivity index (χ1v) is 11.7. The van der Waals surface area contributed by atoms with Crippen LogP contribution in [0.25, 0.3) is 11.3 Å². The molecule has 2 amide bonds. The number of anilines is 3. The molecule has 9 nitrogen and oxygen atoms in total. The van der Waals surface area contributed by atoms with Gasteiger partial charge in [0.25, 0.3) is 0 Å². The molecule has 0 atom stereocenters. The van der Waals surface area contributed by atoms with E-state index < -0.39 is 17.4 Å². The molecule has 0 aliphatic carbocycles. The van der Waals surface area contributed by atoms with Gasteiger partial charge in [0.05, 0.1) is 18.9 Å². The van der Waals surface area contributed by atoms with Crippen molar-refractivity contribution in [1.82, 2.24) is 15.3 Å². The van der Waals surface area contributed by atoms with E-state index in [1.54, 1.807) is 36.8 Å².